The lowest BCUT2D eigenvalue weighted by atomic mass is 10.1. The second-order valence-electron chi connectivity index (χ2n) is 5.71. The van der Waals surface area contributed by atoms with E-state index in [0.29, 0.717) is 17.1 Å². The molecule has 7 heteroatoms. The maximum atomic E-state index is 12.1. The minimum Gasteiger partial charge on any atom is -0.452 e. The number of nitrogens with zero attached hydrogens (tertiary/aromatic N) is 2. The largest absolute Gasteiger partial charge is 0.452 e. The molecule has 0 bridgehead atoms. The molecule has 1 heterocycles. The third kappa shape index (κ3) is 4.32. The molecule has 26 heavy (non-hydrogen) atoms. The maximum absolute atomic E-state index is 12.1. The van der Waals surface area contributed by atoms with Gasteiger partial charge < -0.3 is 14.5 Å². The molecule has 0 unspecified atom stereocenters. The number of nitrogens with one attached hydrogen (secondary N) is 1. The van der Waals surface area contributed by atoms with Gasteiger partial charge in [-0.25, -0.2) is 4.79 Å². The molecule has 7 nitrogen and oxygen atoms in total. The molecule has 0 aliphatic rings. The van der Waals surface area contributed by atoms with E-state index < -0.39 is 5.97 Å². The molecule has 0 radical (unpaired) electrons. The molecular formula is C19H17N3O4. The zero-order valence-electron chi connectivity index (χ0n) is 14.4. The second-order valence-corrected chi connectivity index (χ2v) is 5.71. The first-order valence-corrected chi connectivity index (χ1v) is 7.95. The van der Waals surface area contributed by atoms with Crippen LogP contribution in [-0.2, 0) is 16.1 Å². The highest BCUT2D eigenvalue weighted by atomic mass is 16.5. The molecule has 3 aromatic rings. The lowest BCUT2D eigenvalue weighted by molar-refractivity contribution is -0.114. The Morgan fingerprint density at radius 1 is 1.12 bits per heavy atom. The topological polar surface area (TPSA) is 94.3 Å². The van der Waals surface area contributed by atoms with Crippen molar-refractivity contribution in [3.63, 3.8) is 0 Å². The Bertz CT molecular complexity index is 932. The summed E-state index contributed by atoms with van der Waals surface area (Å²) >= 11 is 0. The molecule has 132 valence electrons. The monoisotopic (exact) mass is 351 g/mol. The molecule has 0 aliphatic carbocycles. The van der Waals surface area contributed by atoms with Crippen LogP contribution in [0.1, 0.15) is 28.7 Å². The van der Waals surface area contributed by atoms with Crippen molar-refractivity contribution in [1.29, 1.82) is 0 Å². The predicted octanol–water partition coefficient (Wildman–Crippen LogP) is 3.36. The van der Waals surface area contributed by atoms with Gasteiger partial charge in [-0.3, -0.25) is 4.79 Å². The fourth-order valence-corrected chi connectivity index (χ4v) is 2.31. The molecule has 1 N–H and O–H groups in total. The van der Waals surface area contributed by atoms with Gasteiger partial charge in [0.1, 0.15) is 0 Å². The van der Waals surface area contributed by atoms with Gasteiger partial charge in [0.2, 0.25) is 11.8 Å². The van der Waals surface area contributed by atoms with Gasteiger partial charge in [0, 0.05) is 18.2 Å². The minimum absolute atomic E-state index is 0.120. The molecule has 1 amide bonds. The smallest absolute Gasteiger partial charge is 0.338 e. The van der Waals surface area contributed by atoms with Gasteiger partial charge >= 0.3 is 5.97 Å². The zero-order valence-corrected chi connectivity index (χ0v) is 14.4. The first-order chi connectivity index (χ1) is 12.5. The lowest BCUT2D eigenvalue weighted by Gasteiger charge is -2.04. The summed E-state index contributed by atoms with van der Waals surface area (Å²) in [4.78, 5) is 23.1. The lowest BCUT2D eigenvalue weighted by Crippen LogP contribution is -2.08. The van der Waals surface area contributed by atoms with Crippen molar-refractivity contribution in [2.24, 2.45) is 0 Å². The van der Waals surface area contributed by atoms with E-state index in [9.17, 15) is 9.59 Å². The van der Waals surface area contributed by atoms with Crippen LogP contribution >= 0.6 is 0 Å². The highest BCUT2D eigenvalue weighted by Crippen LogP contribution is 2.19. The number of carbonyl (C=O) groups excluding carboxylic acids is 2. The number of benzene rings is 2. The van der Waals surface area contributed by atoms with Crippen LogP contribution < -0.4 is 5.32 Å². The zero-order chi connectivity index (χ0) is 18.5. The Hall–Kier alpha value is -3.48. The van der Waals surface area contributed by atoms with Crippen molar-refractivity contribution < 1.29 is 18.7 Å². The molecule has 0 atom stereocenters. The normalized spacial score (nSPS) is 10.4. The Kier molecular flexibility index (Phi) is 5.07. The van der Waals surface area contributed by atoms with Crippen LogP contribution in [-0.4, -0.2) is 22.1 Å². The first kappa shape index (κ1) is 17.3. The average Bonchev–Trinajstić information content (AvgIpc) is 3.09. The van der Waals surface area contributed by atoms with Gasteiger partial charge in [0.15, 0.2) is 6.61 Å². The molecule has 0 aliphatic heterocycles. The van der Waals surface area contributed by atoms with Gasteiger partial charge in [-0.2, -0.15) is 0 Å². The van der Waals surface area contributed by atoms with Gasteiger partial charge in [0.25, 0.3) is 5.89 Å². The van der Waals surface area contributed by atoms with Gasteiger partial charge in [-0.05, 0) is 43.3 Å². The van der Waals surface area contributed by atoms with E-state index in [4.69, 9.17) is 9.15 Å². The summed E-state index contributed by atoms with van der Waals surface area (Å²) < 4.78 is 10.7. The molecule has 0 saturated carbocycles. The third-order valence-electron chi connectivity index (χ3n) is 3.50. The number of hydrogen-bond donors (Lipinski definition) is 1. The van der Waals surface area contributed by atoms with E-state index in [1.165, 1.54) is 6.92 Å². The van der Waals surface area contributed by atoms with E-state index in [2.05, 4.69) is 15.5 Å². The molecule has 0 saturated heterocycles. The van der Waals surface area contributed by atoms with Crippen LogP contribution in [0.5, 0.6) is 0 Å². The summed E-state index contributed by atoms with van der Waals surface area (Å²) in [5.41, 5.74) is 2.85. The molecular weight excluding hydrogens is 334 g/mol. The predicted molar refractivity (Wildman–Crippen MR) is 94.3 cm³/mol. The Labute approximate surface area is 150 Å². The summed E-state index contributed by atoms with van der Waals surface area (Å²) in [5, 5.41) is 10.5. The number of hydrogen-bond acceptors (Lipinski definition) is 6. The summed E-state index contributed by atoms with van der Waals surface area (Å²) in [5.74, 6) is -0.111. The Morgan fingerprint density at radius 3 is 2.58 bits per heavy atom. The van der Waals surface area contributed by atoms with Crippen LogP contribution in [0, 0.1) is 6.92 Å². The SMILES string of the molecule is CC(=O)Nc1ccc(C(=O)OCc2nnc(-c3cccc(C)c3)o2)cc1. The van der Waals surface area contributed by atoms with E-state index in [-0.39, 0.29) is 18.4 Å². The van der Waals surface area contributed by atoms with E-state index in [1.54, 1.807) is 24.3 Å². The number of ether oxygens (including phenoxy) is 1. The number of anilines is 1. The quantitative estimate of drug-likeness (QED) is 0.708. The highest BCUT2D eigenvalue weighted by Gasteiger charge is 2.12. The number of carbonyl (C=O) groups is 2. The number of aromatic nitrogens is 2. The van der Waals surface area contributed by atoms with Gasteiger partial charge in [-0.15, -0.1) is 10.2 Å². The molecule has 0 spiro atoms. The Morgan fingerprint density at radius 2 is 1.88 bits per heavy atom. The van der Waals surface area contributed by atoms with E-state index in [0.717, 1.165) is 11.1 Å². The van der Waals surface area contributed by atoms with Gasteiger partial charge in [-0.1, -0.05) is 17.7 Å². The van der Waals surface area contributed by atoms with Crippen molar-refractivity contribution in [3.05, 3.63) is 65.5 Å². The van der Waals surface area contributed by atoms with Crippen molar-refractivity contribution in [2.75, 3.05) is 5.32 Å². The van der Waals surface area contributed by atoms with E-state index in [1.807, 2.05) is 31.2 Å². The molecule has 3 rings (SSSR count). The number of aryl methyl sites for hydroxylation is 1. The van der Waals surface area contributed by atoms with Gasteiger partial charge in [0.05, 0.1) is 5.56 Å². The summed E-state index contributed by atoms with van der Waals surface area (Å²) in [6.45, 7) is 3.27. The minimum atomic E-state index is -0.519. The van der Waals surface area contributed by atoms with Crippen LogP contribution in [0.15, 0.2) is 52.9 Å². The molecule has 2 aromatic carbocycles. The average molecular weight is 351 g/mol. The van der Waals surface area contributed by atoms with Crippen molar-refractivity contribution in [2.45, 2.75) is 20.5 Å². The maximum Gasteiger partial charge on any atom is 0.338 e. The third-order valence-corrected chi connectivity index (χ3v) is 3.50. The van der Waals surface area contributed by atoms with Crippen molar-refractivity contribution in [3.8, 4) is 11.5 Å². The van der Waals surface area contributed by atoms with E-state index >= 15 is 0 Å². The van der Waals surface area contributed by atoms with Crippen LogP contribution in [0.3, 0.4) is 0 Å². The summed E-state index contributed by atoms with van der Waals surface area (Å²) in [6.07, 6.45) is 0. The Balaban J connectivity index is 1.60. The summed E-state index contributed by atoms with van der Waals surface area (Å²) in [6, 6.07) is 14.1. The van der Waals surface area contributed by atoms with Crippen LogP contribution in [0.25, 0.3) is 11.5 Å². The standard InChI is InChI=1S/C19H17N3O4/c1-12-4-3-5-15(10-12)18-22-21-17(26-18)11-25-19(24)14-6-8-16(9-7-14)20-13(2)23/h3-10H,11H2,1-2H3,(H,20,23). The van der Waals surface area contributed by atoms with Crippen molar-refractivity contribution >= 4 is 17.6 Å². The number of amides is 1. The second kappa shape index (κ2) is 7.60. The molecule has 0 fully saturated rings. The fourth-order valence-electron chi connectivity index (χ4n) is 2.31. The molecule has 1 aromatic heterocycles. The van der Waals surface area contributed by atoms with Crippen LogP contribution in [0.2, 0.25) is 0 Å². The summed E-state index contributed by atoms with van der Waals surface area (Å²) in [7, 11) is 0. The number of esters is 1. The van der Waals surface area contributed by atoms with Crippen LogP contribution in [0.4, 0.5) is 5.69 Å². The fraction of sp³-hybridized carbons (Fsp3) is 0.158. The first-order valence-electron chi connectivity index (χ1n) is 7.95. The highest BCUT2D eigenvalue weighted by molar-refractivity contribution is 5.92. The van der Waals surface area contributed by atoms with Crippen molar-refractivity contribution in [1.82, 2.24) is 10.2 Å². The number of rotatable bonds is 5.